The maximum Gasteiger partial charge on any atom is 0.256 e. The minimum absolute atomic E-state index is 0.0651. The second-order valence-electron chi connectivity index (χ2n) is 8.34. The fraction of sp³-hybridized carbons (Fsp3) is 0.391. The van der Waals surface area contributed by atoms with Crippen LogP contribution in [-0.2, 0) is 4.79 Å². The number of nitrogens with one attached hydrogen (secondary N) is 1. The van der Waals surface area contributed by atoms with Crippen LogP contribution >= 0.6 is 0 Å². The zero-order valence-electron chi connectivity index (χ0n) is 17.1. The Morgan fingerprint density at radius 2 is 1.90 bits per heavy atom. The minimum Gasteiger partial charge on any atom is -0.342 e. The average molecular weight is 421 g/mol. The predicted molar refractivity (Wildman–Crippen MR) is 113 cm³/mol. The monoisotopic (exact) mass is 421 g/mol. The summed E-state index contributed by atoms with van der Waals surface area (Å²) in [6.07, 6.45) is 4.05. The standard InChI is InChI=1S/C23H24FN5O2/c24-18-7-2-1-6-17(18)23(31)28-11-4-5-16(14-28)22(30)29-12-9-15(13-29)20-26-19-8-3-10-25-21(19)27-20/h1-3,6-8,10,15-16H,4-5,9,11-14H2,(H,25,26,27). The molecule has 0 spiro atoms. The number of aromatic nitrogens is 3. The number of benzene rings is 1. The van der Waals surface area contributed by atoms with Gasteiger partial charge >= 0.3 is 0 Å². The third kappa shape index (κ3) is 3.78. The smallest absolute Gasteiger partial charge is 0.256 e. The number of rotatable bonds is 3. The van der Waals surface area contributed by atoms with Crippen LogP contribution in [0, 0.1) is 11.7 Å². The van der Waals surface area contributed by atoms with E-state index in [0.717, 1.165) is 30.6 Å². The van der Waals surface area contributed by atoms with Gasteiger partial charge in [-0.15, -0.1) is 0 Å². The molecule has 8 heteroatoms. The predicted octanol–water partition coefficient (Wildman–Crippen LogP) is 2.97. The van der Waals surface area contributed by atoms with E-state index in [4.69, 9.17) is 0 Å². The van der Waals surface area contributed by atoms with Crippen molar-refractivity contribution in [1.29, 1.82) is 0 Å². The molecule has 2 aromatic heterocycles. The topological polar surface area (TPSA) is 82.2 Å². The first kappa shape index (κ1) is 19.7. The highest BCUT2D eigenvalue weighted by atomic mass is 19.1. The van der Waals surface area contributed by atoms with Crippen LogP contribution in [0.5, 0.6) is 0 Å². The minimum atomic E-state index is -0.524. The summed E-state index contributed by atoms with van der Waals surface area (Å²) < 4.78 is 14.0. The van der Waals surface area contributed by atoms with Gasteiger partial charge in [-0.1, -0.05) is 12.1 Å². The summed E-state index contributed by atoms with van der Waals surface area (Å²) in [5.41, 5.74) is 1.66. The molecule has 5 rings (SSSR count). The highest BCUT2D eigenvalue weighted by Crippen LogP contribution is 2.29. The Hall–Kier alpha value is -3.29. The number of likely N-dealkylation sites (tertiary alicyclic amines) is 2. The molecule has 0 radical (unpaired) electrons. The Morgan fingerprint density at radius 3 is 2.74 bits per heavy atom. The number of carbonyl (C=O) groups is 2. The molecule has 7 nitrogen and oxygen atoms in total. The molecule has 0 aliphatic carbocycles. The second-order valence-corrected chi connectivity index (χ2v) is 8.34. The van der Waals surface area contributed by atoms with E-state index in [9.17, 15) is 14.0 Å². The fourth-order valence-corrected chi connectivity index (χ4v) is 4.67. The van der Waals surface area contributed by atoms with Crippen LogP contribution in [0.1, 0.15) is 41.4 Å². The molecule has 2 aliphatic heterocycles. The summed E-state index contributed by atoms with van der Waals surface area (Å²) in [7, 11) is 0. The van der Waals surface area contributed by atoms with E-state index in [1.165, 1.54) is 12.1 Å². The van der Waals surface area contributed by atoms with Gasteiger partial charge in [-0.05, 0) is 43.5 Å². The third-order valence-corrected chi connectivity index (χ3v) is 6.32. The first-order valence-electron chi connectivity index (χ1n) is 10.7. The molecule has 2 aliphatic rings. The van der Waals surface area contributed by atoms with E-state index < -0.39 is 5.82 Å². The van der Waals surface area contributed by atoms with Crippen molar-refractivity contribution in [2.24, 2.45) is 5.92 Å². The van der Waals surface area contributed by atoms with Crippen LogP contribution in [0.15, 0.2) is 42.6 Å². The number of imidazole rings is 1. The van der Waals surface area contributed by atoms with E-state index in [-0.39, 0.29) is 29.2 Å². The van der Waals surface area contributed by atoms with E-state index in [1.54, 1.807) is 23.2 Å². The van der Waals surface area contributed by atoms with Crippen molar-refractivity contribution in [3.63, 3.8) is 0 Å². The molecule has 31 heavy (non-hydrogen) atoms. The van der Waals surface area contributed by atoms with Crippen molar-refractivity contribution in [3.05, 3.63) is 59.8 Å². The number of piperidine rings is 1. The van der Waals surface area contributed by atoms with Gasteiger partial charge in [-0.25, -0.2) is 14.4 Å². The van der Waals surface area contributed by atoms with Crippen LogP contribution in [0.2, 0.25) is 0 Å². The first-order valence-corrected chi connectivity index (χ1v) is 10.7. The zero-order chi connectivity index (χ0) is 21.4. The number of H-pyrrole nitrogens is 1. The molecule has 160 valence electrons. The highest BCUT2D eigenvalue weighted by Gasteiger charge is 2.36. The third-order valence-electron chi connectivity index (χ3n) is 6.32. The number of fused-ring (bicyclic) bond motifs is 1. The quantitative estimate of drug-likeness (QED) is 0.705. The lowest BCUT2D eigenvalue weighted by Gasteiger charge is -2.34. The van der Waals surface area contributed by atoms with Crippen molar-refractivity contribution < 1.29 is 14.0 Å². The lowest BCUT2D eigenvalue weighted by atomic mass is 9.96. The Morgan fingerprint density at radius 1 is 1.03 bits per heavy atom. The molecule has 2 fully saturated rings. The molecule has 2 saturated heterocycles. The Labute approximate surface area is 179 Å². The molecule has 2 atom stereocenters. The fourth-order valence-electron chi connectivity index (χ4n) is 4.67. The molecule has 1 aromatic carbocycles. The number of nitrogens with zero attached hydrogens (tertiary/aromatic N) is 4. The Balaban J connectivity index is 1.25. The number of hydrogen-bond donors (Lipinski definition) is 1. The van der Waals surface area contributed by atoms with Gasteiger partial charge in [0, 0.05) is 38.3 Å². The van der Waals surface area contributed by atoms with Gasteiger partial charge < -0.3 is 14.8 Å². The summed E-state index contributed by atoms with van der Waals surface area (Å²) in [4.78, 5) is 41.6. The lowest BCUT2D eigenvalue weighted by molar-refractivity contribution is -0.135. The molecule has 0 saturated carbocycles. The van der Waals surface area contributed by atoms with Gasteiger partial charge in [-0.2, -0.15) is 0 Å². The molecule has 0 bridgehead atoms. The molecule has 1 N–H and O–H groups in total. The molecular formula is C23H24FN5O2. The number of hydrogen-bond acceptors (Lipinski definition) is 4. The van der Waals surface area contributed by atoms with Crippen LogP contribution in [0.25, 0.3) is 11.2 Å². The van der Waals surface area contributed by atoms with E-state index in [1.807, 2.05) is 17.0 Å². The number of halogens is 1. The van der Waals surface area contributed by atoms with Gasteiger partial charge in [0.05, 0.1) is 17.0 Å². The van der Waals surface area contributed by atoms with E-state index in [0.29, 0.717) is 31.8 Å². The Bertz CT molecular complexity index is 1100. The Kier molecular flexibility index (Phi) is 5.13. The normalized spacial score (nSPS) is 21.6. The van der Waals surface area contributed by atoms with Crippen LogP contribution in [0.3, 0.4) is 0 Å². The zero-order valence-corrected chi connectivity index (χ0v) is 17.1. The second kappa shape index (κ2) is 8.09. The van der Waals surface area contributed by atoms with Crippen molar-refractivity contribution in [2.75, 3.05) is 26.2 Å². The van der Waals surface area contributed by atoms with Crippen LogP contribution in [0.4, 0.5) is 4.39 Å². The number of pyridine rings is 1. The molecule has 2 unspecified atom stereocenters. The van der Waals surface area contributed by atoms with Crippen LogP contribution in [-0.4, -0.2) is 62.7 Å². The van der Waals surface area contributed by atoms with Gasteiger partial charge in [0.1, 0.15) is 11.6 Å². The molecule has 3 aromatic rings. The van der Waals surface area contributed by atoms with Crippen molar-refractivity contribution in [3.8, 4) is 0 Å². The average Bonchev–Trinajstić information content (AvgIpc) is 3.46. The van der Waals surface area contributed by atoms with E-state index >= 15 is 0 Å². The SMILES string of the molecule is O=C(c1ccccc1F)N1CCCC(C(=O)N2CCC(c3nc4ncccc4[nH]3)C2)C1. The summed E-state index contributed by atoms with van der Waals surface area (Å²) >= 11 is 0. The van der Waals surface area contributed by atoms with Gasteiger partial charge in [-0.3, -0.25) is 9.59 Å². The van der Waals surface area contributed by atoms with Crippen LogP contribution < -0.4 is 0 Å². The molecule has 4 heterocycles. The van der Waals surface area contributed by atoms with Gasteiger partial charge in [0.2, 0.25) is 5.91 Å². The largest absolute Gasteiger partial charge is 0.342 e. The first-order chi connectivity index (χ1) is 15.1. The number of amides is 2. The number of aromatic amines is 1. The van der Waals surface area contributed by atoms with Gasteiger partial charge in [0.25, 0.3) is 5.91 Å². The lowest BCUT2D eigenvalue weighted by Crippen LogP contribution is -2.46. The maximum atomic E-state index is 14.0. The van der Waals surface area contributed by atoms with Crippen molar-refractivity contribution in [1.82, 2.24) is 24.8 Å². The molecule has 2 amide bonds. The van der Waals surface area contributed by atoms with E-state index in [2.05, 4.69) is 15.0 Å². The maximum absolute atomic E-state index is 14.0. The van der Waals surface area contributed by atoms with Crippen molar-refractivity contribution >= 4 is 23.0 Å². The summed E-state index contributed by atoms with van der Waals surface area (Å²) in [5, 5.41) is 0. The van der Waals surface area contributed by atoms with Gasteiger partial charge in [0.15, 0.2) is 5.65 Å². The summed E-state index contributed by atoms with van der Waals surface area (Å²) in [6.45, 7) is 2.16. The summed E-state index contributed by atoms with van der Waals surface area (Å²) in [5.74, 6) is -0.0291. The summed E-state index contributed by atoms with van der Waals surface area (Å²) in [6, 6.07) is 9.82. The highest BCUT2D eigenvalue weighted by molar-refractivity contribution is 5.95. The van der Waals surface area contributed by atoms with Crippen molar-refractivity contribution in [2.45, 2.75) is 25.2 Å². The molecular weight excluding hydrogens is 397 g/mol. The number of carbonyl (C=O) groups excluding carboxylic acids is 2.